The second-order valence-corrected chi connectivity index (χ2v) is 5.48. The van der Waals surface area contributed by atoms with Crippen LogP contribution in [0.2, 0.25) is 0 Å². The van der Waals surface area contributed by atoms with E-state index in [9.17, 15) is 5.11 Å². The number of aromatic hydroxyl groups is 1. The number of pyridine rings is 1. The van der Waals surface area contributed by atoms with E-state index in [2.05, 4.69) is 15.4 Å². The van der Waals surface area contributed by atoms with Crippen LogP contribution in [0.15, 0.2) is 42.6 Å². The minimum absolute atomic E-state index is 0.208. The first-order valence-corrected chi connectivity index (χ1v) is 7.31. The molecular weight excluding hydrogens is 276 g/mol. The van der Waals surface area contributed by atoms with Crippen molar-refractivity contribution in [3.8, 4) is 22.8 Å². The summed E-state index contributed by atoms with van der Waals surface area (Å²) in [6.45, 7) is 2.75. The normalized spacial score (nSPS) is 13.0. The average molecular weight is 292 g/mol. The summed E-state index contributed by atoms with van der Waals surface area (Å²) in [6, 6.07) is 11.8. The van der Waals surface area contributed by atoms with Gasteiger partial charge in [-0.3, -0.25) is 0 Å². The highest BCUT2D eigenvalue weighted by molar-refractivity contribution is 5.77. The second kappa shape index (κ2) is 4.87. The molecule has 4 rings (SSSR count). The van der Waals surface area contributed by atoms with Gasteiger partial charge in [0.25, 0.3) is 0 Å². The Morgan fingerprint density at radius 2 is 2.14 bits per heavy atom. The summed E-state index contributed by atoms with van der Waals surface area (Å²) in [5, 5.41) is 18.6. The van der Waals surface area contributed by atoms with E-state index < -0.39 is 0 Å². The summed E-state index contributed by atoms with van der Waals surface area (Å²) < 4.78 is 1.61. The Hall–Kier alpha value is -2.82. The number of anilines is 1. The van der Waals surface area contributed by atoms with Crippen molar-refractivity contribution < 1.29 is 5.11 Å². The van der Waals surface area contributed by atoms with Gasteiger partial charge in [-0.2, -0.15) is 5.10 Å². The van der Waals surface area contributed by atoms with Crippen molar-refractivity contribution >= 4 is 5.82 Å². The first-order chi connectivity index (χ1) is 10.7. The van der Waals surface area contributed by atoms with Gasteiger partial charge in [0.2, 0.25) is 5.88 Å². The number of aryl methyl sites for hydroxylation is 1. The predicted octanol–water partition coefficient (Wildman–Crippen LogP) is 2.92. The molecule has 0 aliphatic carbocycles. The molecule has 0 radical (unpaired) electrons. The fourth-order valence-electron chi connectivity index (χ4n) is 2.87. The summed E-state index contributed by atoms with van der Waals surface area (Å²) in [6.07, 6.45) is 2.47. The molecule has 22 heavy (non-hydrogen) atoms. The third-order valence-electron chi connectivity index (χ3n) is 3.93. The van der Waals surface area contributed by atoms with Crippen molar-refractivity contribution in [3.05, 3.63) is 53.7 Å². The minimum Gasteiger partial charge on any atom is -0.493 e. The number of hydrogen-bond acceptors (Lipinski definition) is 4. The summed E-state index contributed by atoms with van der Waals surface area (Å²) in [5.41, 5.74) is 4.58. The Bertz CT molecular complexity index is 854. The molecule has 0 fully saturated rings. The number of hydrogen-bond donors (Lipinski definition) is 2. The van der Waals surface area contributed by atoms with Gasteiger partial charge in [-0.1, -0.05) is 12.1 Å². The lowest BCUT2D eigenvalue weighted by atomic mass is 10.1. The number of fused-ring (bicyclic) bond motifs is 3. The lowest BCUT2D eigenvalue weighted by Gasteiger charge is -2.06. The molecule has 0 amide bonds. The van der Waals surface area contributed by atoms with Gasteiger partial charge in [-0.15, -0.1) is 0 Å². The molecule has 0 spiro atoms. The van der Waals surface area contributed by atoms with Crippen molar-refractivity contribution in [2.75, 3.05) is 11.9 Å². The highest BCUT2D eigenvalue weighted by Gasteiger charge is 2.24. The quantitative estimate of drug-likeness (QED) is 0.724. The van der Waals surface area contributed by atoms with Crippen LogP contribution in [0, 0.1) is 6.92 Å². The van der Waals surface area contributed by atoms with E-state index in [1.807, 2.05) is 43.3 Å². The molecule has 0 bridgehead atoms. The molecular formula is C17H16N4O. The molecule has 110 valence electrons. The SMILES string of the molecule is Cc1cccc(-n2nc3c(c2O)CCNc2ncccc2-3)c1. The van der Waals surface area contributed by atoms with Crippen molar-refractivity contribution in [1.82, 2.24) is 14.8 Å². The van der Waals surface area contributed by atoms with Crippen LogP contribution in [0.3, 0.4) is 0 Å². The molecule has 1 aliphatic rings. The maximum absolute atomic E-state index is 10.6. The van der Waals surface area contributed by atoms with E-state index in [4.69, 9.17) is 0 Å². The van der Waals surface area contributed by atoms with Crippen LogP contribution >= 0.6 is 0 Å². The van der Waals surface area contributed by atoms with Crippen molar-refractivity contribution in [2.45, 2.75) is 13.3 Å². The second-order valence-electron chi connectivity index (χ2n) is 5.48. The fourth-order valence-corrected chi connectivity index (χ4v) is 2.87. The van der Waals surface area contributed by atoms with Gasteiger partial charge >= 0.3 is 0 Å². The lowest BCUT2D eigenvalue weighted by molar-refractivity contribution is 0.428. The molecule has 3 heterocycles. The van der Waals surface area contributed by atoms with Crippen LogP contribution in [-0.2, 0) is 6.42 Å². The molecule has 1 aliphatic heterocycles. The third-order valence-corrected chi connectivity index (χ3v) is 3.93. The number of benzene rings is 1. The average Bonchev–Trinajstić information content (AvgIpc) is 2.74. The van der Waals surface area contributed by atoms with Gasteiger partial charge in [0.1, 0.15) is 11.5 Å². The molecule has 2 N–H and O–H groups in total. The fraction of sp³-hybridized carbons (Fsp3) is 0.176. The summed E-state index contributed by atoms with van der Waals surface area (Å²) in [5.74, 6) is 1.02. The zero-order valence-corrected chi connectivity index (χ0v) is 12.2. The molecule has 1 aromatic carbocycles. The van der Waals surface area contributed by atoms with Gasteiger partial charge < -0.3 is 10.4 Å². The largest absolute Gasteiger partial charge is 0.493 e. The predicted molar refractivity (Wildman–Crippen MR) is 85.4 cm³/mol. The summed E-state index contributed by atoms with van der Waals surface area (Å²) in [4.78, 5) is 4.36. The molecule has 3 aromatic rings. The Morgan fingerprint density at radius 1 is 1.23 bits per heavy atom. The smallest absolute Gasteiger partial charge is 0.218 e. The van der Waals surface area contributed by atoms with Crippen LogP contribution < -0.4 is 5.32 Å². The molecule has 0 unspecified atom stereocenters. The minimum atomic E-state index is 0.208. The molecule has 5 heteroatoms. The Kier molecular flexibility index (Phi) is 2.85. The zero-order chi connectivity index (χ0) is 15.1. The van der Waals surface area contributed by atoms with Gasteiger partial charge in [0, 0.05) is 23.9 Å². The van der Waals surface area contributed by atoms with E-state index in [0.29, 0.717) is 6.42 Å². The van der Waals surface area contributed by atoms with Crippen LogP contribution in [0.25, 0.3) is 16.9 Å². The summed E-state index contributed by atoms with van der Waals surface area (Å²) in [7, 11) is 0. The van der Waals surface area contributed by atoms with Gasteiger partial charge in [0.05, 0.1) is 5.69 Å². The standard InChI is InChI=1S/C17H16N4O/c1-11-4-2-5-12(10-11)21-17(22)14-7-9-19-16-13(15(14)20-21)6-3-8-18-16/h2-6,8,10,22H,7,9H2,1H3,(H,18,19). The Labute approximate surface area is 128 Å². The van der Waals surface area contributed by atoms with Crippen molar-refractivity contribution in [3.63, 3.8) is 0 Å². The van der Waals surface area contributed by atoms with Gasteiger partial charge in [0.15, 0.2) is 0 Å². The topological polar surface area (TPSA) is 63.0 Å². The van der Waals surface area contributed by atoms with E-state index in [1.54, 1.807) is 10.9 Å². The van der Waals surface area contributed by atoms with Crippen LogP contribution in [0.5, 0.6) is 5.88 Å². The summed E-state index contributed by atoms with van der Waals surface area (Å²) >= 11 is 0. The Morgan fingerprint density at radius 3 is 3.00 bits per heavy atom. The number of nitrogens with one attached hydrogen (secondary N) is 1. The van der Waals surface area contributed by atoms with Crippen LogP contribution in [0.4, 0.5) is 5.82 Å². The van der Waals surface area contributed by atoms with Crippen molar-refractivity contribution in [2.24, 2.45) is 0 Å². The highest BCUT2D eigenvalue weighted by atomic mass is 16.3. The van der Waals surface area contributed by atoms with E-state index >= 15 is 0 Å². The first-order valence-electron chi connectivity index (χ1n) is 7.31. The molecule has 0 saturated carbocycles. The lowest BCUT2D eigenvalue weighted by Crippen LogP contribution is -2.04. The van der Waals surface area contributed by atoms with E-state index in [-0.39, 0.29) is 5.88 Å². The van der Waals surface area contributed by atoms with E-state index in [1.165, 1.54) is 0 Å². The van der Waals surface area contributed by atoms with Gasteiger partial charge in [-0.05, 0) is 43.2 Å². The van der Waals surface area contributed by atoms with Gasteiger partial charge in [-0.25, -0.2) is 9.67 Å². The zero-order valence-electron chi connectivity index (χ0n) is 12.2. The Balaban J connectivity index is 1.94. The molecule has 2 aromatic heterocycles. The maximum atomic E-state index is 10.6. The molecule has 0 saturated heterocycles. The molecule has 0 atom stereocenters. The monoisotopic (exact) mass is 292 g/mol. The molecule has 5 nitrogen and oxygen atoms in total. The van der Waals surface area contributed by atoms with Crippen LogP contribution in [-0.4, -0.2) is 26.4 Å². The van der Waals surface area contributed by atoms with Crippen LogP contribution in [0.1, 0.15) is 11.1 Å². The maximum Gasteiger partial charge on any atom is 0.218 e. The van der Waals surface area contributed by atoms with E-state index in [0.717, 1.165) is 40.4 Å². The number of rotatable bonds is 1. The number of aromatic nitrogens is 3. The third kappa shape index (κ3) is 1.94. The number of nitrogens with zero attached hydrogens (tertiary/aromatic N) is 3. The highest BCUT2D eigenvalue weighted by Crippen LogP contribution is 2.36. The van der Waals surface area contributed by atoms with Crippen molar-refractivity contribution in [1.29, 1.82) is 0 Å². The first kappa shape index (κ1) is 12.9.